The largest absolute Gasteiger partial charge is 0.506 e. The van der Waals surface area contributed by atoms with Gasteiger partial charge in [0.15, 0.2) is 5.56 Å². The Morgan fingerprint density at radius 1 is 1.35 bits per heavy atom. The molecule has 2 aromatic rings. The van der Waals surface area contributed by atoms with Crippen LogP contribution in [0, 0.1) is 0 Å². The zero-order valence-electron chi connectivity index (χ0n) is 9.17. The zero-order valence-corrected chi connectivity index (χ0v) is 9.17. The van der Waals surface area contributed by atoms with Gasteiger partial charge in [-0.15, -0.1) is 0 Å². The number of hydrogen-bond donors (Lipinski definition) is 2. The Hall–Kier alpha value is -2.30. The summed E-state index contributed by atoms with van der Waals surface area (Å²) in [7, 11) is 0. The Balaban J connectivity index is 2.67. The third-order valence-corrected chi connectivity index (χ3v) is 2.33. The van der Waals surface area contributed by atoms with Gasteiger partial charge in [-0.3, -0.25) is 0 Å². The molecule has 0 saturated heterocycles. The minimum absolute atomic E-state index is 0.157. The average Bonchev–Trinajstić information content (AvgIpc) is 2.29. The first-order valence-corrected chi connectivity index (χ1v) is 5.13. The Kier molecular flexibility index (Phi) is 2.82. The van der Waals surface area contributed by atoms with E-state index in [0.29, 0.717) is 10.9 Å². The number of carbonyl (C=O) groups excluding carboxylic acids is 1. The molecular formula is C12H11NO4. The summed E-state index contributed by atoms with van der Waals surface area (Å²) in [5, 5.41) is 19.9. The van der Waals surface area contributed by atoms with Gasteiger partial charge in [-0.25, -0.2) is 9.78 Å². The van der Waals surface area contributed by atoms with Crippen LogP contribution in [0.25, 0.3) is 10.9 Å². The predicted molar refractivity (Wildman–Crippen MR) is 61.0 cm³/mol. The second kappa shape index (κ2) is 4.29. The van der Waals surface area contributed by atoms with E-state index in [9.17, 15) is 15.0 Å². The van der Waals surface area contributed by atoms with Gasteiger partial charge in [0.1, 0.15) is 5.75 Å². The highest BCUT2D eigenvalue weighted by Gasteiger charge is 2.21. The van der Waals surface area contributed by atoms with Crippen molar-refractivity contribution < 1.29 is 19.7 Å². The molecule has 0 aliphatic carbocycles. The second-order valence-corrected chi connectivity index (χ2v) is 3.40. The van der Waals surface area contributed by atoms with Gasteiger partial charge in [-0.1, -0.05) is 12.1 Å². The summed E-state index contributed by atoms with van der Waals surface area (Å²) >= 11 is 0. The smallest absolute Gasteiger partial charge is 0.347 e. The molecule has 5 nitrogen and oxygen atoms in total. The van der Waals surface area contributed by atoms with Gasteiger partial charge < -0.3 is 14.9 Å². The summed E-state index contributed by atoms with van der Waals surface area (Å²) < 4.78 is 4.74. The molecule has 2 rings (SSSR count). The van der Waals surface area contributed by atoms with E-state index in [0.717, 1.165) is 0 Å². The fraction of sp³-hybridized carbons (Fsp3) is 0.167. The van der Waals surface area contributed by atoms with Gasteiger partial charge in [-0.2, -0.15) is 0 Å². The Labute approximate surface area is 97.3 Å². The maximum atomic E-state index is 11.5. The molecule has 1 aromatic heterocycles. The van der Waals surface area contributed by atoms with Gasteiger partial charge >= 0.3 is 5.97 Å². The molecule has 0 bridgehead atoms. The van der Waals surface area contributed by atoms with Crippen molar-refractivity contribution in [2.45, 2.75) is 6.92 Å². The lowest BCUT2D eigenvalue weighted by atomic mass is 10.1. The van der Waals surface area contributed by atoms with Crippen molar-refractivity contribution in [3.8, 4) is 11.6 Å². The standard InChI is InChI=1S/C12H11NO4/c1-2-17-12(16)9-10(14)7-5-3-4-6-8(7)13-11(9)15/h3-6H,2H2,1H3,(H2,13,14,15). The van der Waals surface area contributed by atoms with Crippen LogP contribution in [-0.4, -0.2) is 27.8 Å². The van der Waals surface area contributed by atoms with Crippen molar-refractivity contribution in [3.05, 3.63) is 29.8 Å². The molecule has 88 valence electrons. The first kappa shape index (κ1) is 11.2. The van der Waals surface area contributed by atoms with Crippen LogP contribution in [0.15, 0.2) is 24.3 Å². The minimum atomic E-state index is -0.791. The molecule has 0 saturated carbocycles. The maximum absolute atomic E-state index is 11.5. The van der Waals surface area contributed by atoms with Crippen LogP contribution in [-0.2, 0) is 4.74 Å². The number of carbonyl (C=O) groups is 1. The van der Waals surface area contributed by atoms with Crippen molar-refractivity contribution in [2.75, 3.05) is 6.61 Å². The number of fused-ring (bicyclic) bond motifs is 1. The van der Waals surface area contributed by atoms with Crippen molar-refractivity contribution in [3.63, 3.8) is 0 Å². The lowest BCUT2D eigenvalue weighted by Crippen LogP contribution is -2.06. The summed E-state index contributed by atoms with van der Waals surface area (Å²) in [6.07, 6.45) is 0. The molecule has 17 heavy (non-hydrogen) atoms. The molecule has 2 N–H and O–H groups in total. The molecule has 0 fully saturated rings. The van der Waals surface area contributed by atoms with Crippen LogP contribution in [0.5, 0.6) is 11.6 Å². The fourth-order valence-electron chi connectivity index (χ4n) is 1.57. The van der Waals surface area contributed by atoms with Gasteiger partial charge in [0.05, 0.1) is 12.1 Å². The zero-order chi connectivity index (χ0) is 12.4. The summed E-state index contributed by atoms with van der Waals surface area (Å²) in [5.41, 5.74) is 0.112. The van der Waals surface area contributed by atoms with E-state index in [1.807, 2.05) is 0 Å². The number of aromatic hydroxyl groups is 2. The second-order valence-electron chi connectivity index (χ2n) is 3.40. The quantitative estimate of drug-likeness (QED) is 0.773. The summed E-state index contributed by atoms with van der Waals surface area (Å²) in [5.74, 6) is -1.63. The van der Waals surface area contributed by atoms with E-state index in [2.05, 4.69) is 4.98 Å². The molecule has 1 heterocycles. The lowest BCUT2D eigenvalue weighted by Gasteiger charge is -2.08. The van der Waals surface area contributed by atoms with E-state index >= 15 is 0 Å². The molecule has 5 heteroatoms. The van der Waals surface area contributed by atoms with Crippen LogP contribution < -0.4 is 0 Å². The molecule has 1 aromatic carbocycles. The number of rotatable bonds is 2. The molecule has 0 radical (unpaired) electrons. The summed E-state index contributed by atoms with van der Waals surface area (Å²) in [6.45, 7) is 1.80. The van der Waals surface area contributed by atoms with Crippen LogP contribution in [0.3, 0.4) is 0 Å². The average molecular weight is 233 g/mol. The predicted octanol–water partition coefficient (Wildman–Crippen LogP) is 1.82. The molecule has 0 amide bonds. The summed E-state index contributed by atoms with van der Waals surface area (Å²) in [4.78, 5) is 15.4. The van der Waals surface area contributed by atoms with Gasteiger partial charge in [0.25, 0.3) is 0 Å². The number of nitrogens with zero attached hydrogens (tertiary/aromatic N) is 1. The third kappa shape index (κ3) is 1.87. The first-order chi connectivity index (χ1) is 8.15. The third-order valence-electron chi connectivity index (χ3n) is 2.33. The monoisotopic (exact) mass is 233 g/mol. The SMILES string of the molecule is CCOC(=O)c1c(O)nc2ccccc2c1O. The van der Waals surface area contributed by atoms with E-state index in [4.69, 9.17) is 4.74 Å². The Morgan fingerprint density at radius 3 is 2.76 bits per heavy atom. The number of hydrogen-bond acceptors (Lipinski definition) is 5. The number of benzene rings is 1. The Bertz CT molecular complexity index is 580. The highest BCUT2D eigenvalue weighted by Crippen LogP contribution is 2.33. The molecule has 0 aliphatic rings. The summed E-state index contributed by atoms with van der Waals surface area (Å²) in [6, 6.07) is 6.66. The maximum Gasteiger partial charge on any atom is 0.347 e. The fourth-order valence-corrected chi connectivity index (χ4v) is 1.57. The highest BCUT2D eigenvalue weighted by molar-refractivity contribution is 6.01. The van der Waals surface area contributed by atoms with Crippen molar-refractivity contribution in [1.29, 1.82) is 0 Å². The Morgan fingerprint density at radius 2 is 2.06 bits per heavy atom. The number of esters is 1. The van der Waals surface area contributed by atoms with Gasteiger partial charge in [0.2, 0.25) is 5.88 Å². The highest BCUT2D eigenvalue weighted by atomic mass is 16.5. The minimum Gasteiger partial charge on any atom is -0.506 e. The van der Waals surface area contributed by atoms with Gasteiger partial charge in [-0.05, 0) is 19.1 Å². The van der Waals surface area contributed by atoms with E-state index in [1.54, 1.807) is 31.2 Å². The molecule has 0 spiro atoms. The topological polar surface area (TPSA) is 79.7 Å². The number of aromatic nitrogens is 1. The lowest BCUT2D eigenvalue weighted by molar-refractivity contribution is 0.0519. The van der Waals surface area contributed by atoms with Crippen LogP contribution >= 0.6 is 0 Å². The van der Waals surface area contributed by atoms with Crippen LogP contribution in [0.2, 0.25) is 0 Å². The van der Waals surface area contributed by atoms with E-state index < -0.39 is 11.8 Å². The normalized spacial score (nSPS) is 10.4. The van der Waals surface area contributed by atoms with E-state index in [-0.39, 0.29) is 17.9 Å². The molecule has 0 aliphatic heterocycles. The van der Waals surface area contributed by atoms with E-state index in [1.165, 1.54) is 0 Å². The number of para-hydroxylation sites is 1. The van der Waals surface area contributed by atoms with Crippen LogP contribution in [0.1, 0.15) is 17.3 Å². The van der Waals surface area contributed by atoms with Crippen molar-refractivity contribution >= 4 is 16.9 Å². The number of ether oxygens (including phenoxy) is 1. The first-order valence-electron chi connectivity index (χ1n) is 5.13. The van der Waals surface area contributed by atoms with Crippen LogP contribution in [0.4, 0.5) is 0 Å². The molecule has 0 unspecified atom stereocenters. The molecule has 0 atom stereocenters. The van der Waals surface area contributed by atoms with Gasteiger partial charge in [0, 0.05) is 5.39 Å². The van der Waals surface area contributed by atoms with Crippen molar-refractivity contribution in [1.82, 2.24) is 4.98 Å². The molecular weight excluding hydrogens is 222 g/mol. The number of pyridine rings is 1. The van der Waals surface area contributed by atoms with Crippen molar-refractivity contribution in [2.24, 2.45) is 0 Å².